The monoisotopic (exact) mass is 267 g/mol. The van der Waals surface area contributed by atoms with Gasteiger partial charge < -0.3 is 11.5 Å². The molecule has 0 aliphatic carbocycles. The molecule has 1 aliphatic rings. The molecule has 0 saturated heterocycles. The van der Waals surface area contributed by atoms with Gasteiger partial charge in [0.25, 0.3) is 11.8 Å². The number of imide groups is 1. The molecule has 4 N–H and O–H groups in total. The van der Waals surface area contributed by atoms with Crippen LogP contribution in [0, 0.1) is 0 Å². The lowest BCUT2D eigenvalue weighted by Gasteiger charge is -2.15. The van der Waals surface area contributed by atoms with Gasteiger partial charge in [0.15, 0.2) is 0 Å². The number of fused-ring (bicyclic) bond motifs is 1. The second-order valence-electron chi connectivity index (χ2n) is 4.67. The molecule has 0 saturated carbocycles. The van der Waals surface area contributed by atoms with Crippen molar-refractivity contribution in [3.8, 4) is 0 Å². The number of nitrogens with zero attached hydrogens (tertiary/aromatic N) is 1. The van der Waals surface area contributed by atoms with E-state index in [9.17, 15) is 9.59 Å². The summed E-state index contributed by atoms with van der Waals surface area (Å²) >= 11 is 0. The van der Waals surface area contributed by atoms with Crippen molar-refractivity contribution in [3.63, 3.8) is 0 Å². The molecule has 0 aromatic heterocycles. The Labute approximate surface area is 115 Å². The van der Waals surface area contributed by atoms with Gasteiger partial charge in [-0.05, 0) is 23.8 Å². The molecular formula is C15H13N3O2. The molecule has 100 valence electrons. The van der Waals surface area contributed by atoms with Gasteiger partial charge in [-0.2, -0.15) is 0 Å². The number of benzene rings is 2. The highest BCUT2D eigenvalue weighted by Gasteiger charge is 2.37. The van der Waals surface area contributed by atoms with Crippen LogP contribution in [0.3, 0.4) is 0 Å². The van der Waals surface area contributed by atoms with Gasteiger partial charge >= 0.3 is 0 Å². The summed E-state index contributed by atoms with van der Waals surface area (Å²) in [6.45, 7) is 0.151. The molecule has 0 unspecified atom stereocenters. The van der Waals surface area contributed by atoms with Crippen LogP contribution in [0.15, 0.2) is 42.5 Å². The molecule has 0 atom stereocenters. The van der Waals surface area contributed by atoms with Crippen molar-refractivity contribution in [2.45, 2.75) is 6.54 Å². The van der Waals surface area contributed by atoms with Crippen molar-refractivity contribution in [2.75, 3.05) is 11.5 Å². The average molecular weight is 267 g/mol. The number of amides is 2. The first kappa shape index (κ1) is 12.2. The second-order valence-corrected chi connectivity index (χ2v) is 4.67. The van der Waals surface area contributed by atoms with Crippen LogP contribution in [-0.4, -0.2) is 16.7 Å². The maximum atomic E-state index is 12.3. The standard InChI is InChI=1S/C15H13N3O2/c16-11-6-2-1-4-9(11)8-18-14(19)10-5-3-7-12(17)13(10)15(18)20/h1-7H,8,16-17H2. The Hall–Kier alpha value is -2.82. The van der Waals surface area contributed by atoms with Crippen LogP contribution in [0.1, 0.15) is 26.3 Å². The summed E-state index contributed by atoms with van der Waals surface area (Å²) in [5.74, 6) is -0.702. The van der Waals surface area contributed by atoms with E-state index in [0.717, 1.165) is 5.56 Å². The second kappa shape index (κ2) is 4.38. The molecule has 0 fully saturated rings. The van der Waals surface area contributed by atoms with E-state index in [2.05, 4.69) is 0 Å². The lowest BCUT2D eigenvalue weighted by molar-refractivity contribution is 0.0643. The zero-order valence-corrected chi connectivity index (χ0v) is 10.7. The molecule has 0 bridgehead atoms. The molecule has 2 aromatic carbocycles. The smallest absolute Gasteiger partial charge is 0.263 e. The lowest BCUT2D eigenvalue weighted by Crippen LogP contribution is -2.29. The summed E-state index contributed by atoms with van der Waals surface area (Å²) in [4.78, 5) is 25.8. The maximum absolute atomic E-state index is 12.3. The fraction of sp³-hybridized carbons (Fsp3) is 0.0667. The third-order valence-electron chi connectivity index (χ3n) is 3.41. The predicted molar refractivity (Wildman–Crippen MR) is 75.9 cm³/mol. The van der Waals surface area contributed by atoms with Crippen LogP contribution in [0.5, 0.6) is 0 Å². The van der Waals surface area contributed by atoms with Gasteiger partial charge in [0.05, 0.1) is 17.7 Å². The Bertz CT molecular complexity index is 725. The summed E-state index contributed by atoms with van der Waals surface area (Å²) in [6.07, 6.45) is 0. The van der Waals surface area contributed by atoms with E-state index in [-0.39, 0.29) is 23.9 Å². The van der Waals surface area contributed by atoms with E-state index in [1.165, 1.54) is 4.90 Å². The number of carbonyl (C=O) groups excluding carboxylic acids is 2. The quantitative estimate of drug-likeness (QED) is 0.639. The van der Waals surface area contributed by atoms with E-state index in [1.54, 1.807) is 36.4 Å². The molecule has 20 heavy (non-hydrogen) atoms. The van der Waals surface area contributed by atoms with Crippen LogP contribution in [-0.2, 0) is 6.54 Å². The molecule has 1 heterocycles. The Balaban J connectivity index is 1.99. The fourth-order valence-electron chi connectivity index (χ4n) is 2.35. The van der Waals surface area contributed by atoms with Crippen LogP contribution >= 0.6 is 0 Å². The molecule has 2 aromatic rings. The molecule has 1 aliphatic heterocycles. The van der Waals surface area contributed by atoms with Gasteiger partial charge in [0, 0.05) is 11.4 Å². The number of anilines is 2. The largest absolute Gasteiger partial charge is 0.398 e. The van der Waals surface area contributed by atoms with Gasteiger partial charge in [-0.25, -0.2) is 0 Å². The topological polar surface area (TPSA) is 89.4 Å². The zero-order chi connectivity index (χ0) is 14.3. The summed E-state index contributed by atoms with van der Waals surface area (Å²) in [6, 6.07) is 12.0. The van der Waals surface area contributed by atoms with Gasteiger partial charge in [-0.15, -0.1) is 0 Å². The molecular weight excluding hydrogens is 254 g/mol. The van der Waals surface area contributed by atoms with E-state index in [4.69, 9.17) is 11.5 Å². The Morgan fingerprint density at radius 3 is 2.25 bits per heavy atom. The Kier molecular flexibility index (Phi) is 2.68. The maximum Gasteiger partial charge on any atom is 0.263 e. The first-order valence-corrected chi connectivity index (χ1v) is 6.17. The van der Waals surface area contributed by atoms with E-state index in [1.807, 2.05) is 6.07 Å². The highest BCUT2D eigenvalue weighted by molar-refractivity contribution is 6.23. The van der Waals surface area contributed by atoms with Gasteiger partial charge in [-0.1, -0.05) is 24.3 Å². The van der Waals surface area contributed by atoms with Crippen LogP contribution in [0.4, 0.5) is 11.4 Å². The number of rotatable bonds is 2. The van der Waals surface area contributed by atoms with Crippen LogP contribution in [0.25, 0.3) is 0 Å². The minimum Gasteiger partial charge on any atom is -0.398 e. The summed E-state index contributed by atoms with van der Waals surface area (Å²) in [5.41, 5.74) is 13.9. The van der Waals surface area contributed by atoms with Crippen molar-refractivity contribution in [3.05, 3.63) is 59.2 Å². The number of nitrogen functional groups attached to an aromatic ring is 2. The number of hydrogen-bond donors (Lipinski definition) is 2. The summed E-state index contributed by atoms with van der Waals surface area (Å²) in [5, 5.41) is 0. The number of hydrogen-bond acceptors (Lipinski definition) is 4. The molecule has 3 rings (SSSR count). The summed E-state index contributed by atoms with van der Waals surface area (Å²) in [7, 11) is 0. The normalized spacial score (nSPS) is 13.7. The molecule has 0 radical (unpaired) electrons. The first-order valence-electron chi connectivity index (χ1n) is 6.17. The highest BCUT2D eigenvalue weighted by atomic mass is 16.2. The van der Waals surface area contributed by atoms with Crippen LogP contribution in [0.2, 0.25) is 0 Å². The van der Waals surface area contributed by atoms with Gasteiger partial charge in [-0.3, -0.25) is 14.5 Å². The van der Waals surface area contributed by atoms with Crippen molar-refractivity contribution >= 4 is 23.2 Å². The highest BCUT2D eigenvalue weighted by Crippen LogP contribution is 2.29. The fourth-order valence-corrected chi connectivity index (χ4v) is 2.35. The molecule has 0 spiro atoms. The Morgan fingerprint density at radius 1 is 0.850 bits per heavy atom. The molecule has 5 heteroatoms. The number of para-hydroxylation sites is 1. The Morgan fingerprint density at radius 2 is 1.55 bits per heavy atom. The van der Waals surface area contributed by atoms with Crippen LogP contribution < -0.4 is 11.5 Å². The molecule has 2 amide bonds. The minimum atomic E-state index is -0.369. The predicted octanol–water partition coefficient (Wildman–Crippen LogP) is 1.65. The number of nitrogens with two attached hydrogens (primary N) is 2. The van der Waals surface area contributed by atoms with E-state index < -0.39 is 0 Å². The zero-order valence-electron chi connectivity index (χ0n) is 10.7. The average Bonchev–Trinajstić information content (AvgIpc) is 2.67. The van der Waals surface area contributed by atoms with Gasteiger partial charge in [0.2, 0.25) is 0 Å². The SMILES string of the molecule is Nc1ccccc1CN1C(=O)c2cccc(N)c2C1=O. The lowest BCUT2D eigenvalue weighted by atomic mass is 10.1. The number of carbonyl (C=O) groups is 2. The third kappa shape index (κ3) is 1.72. The van der Waals surface area contributed by atoms with E-state index >= 15 is 0 Å². The van der Waals surface area contributed by atoms with Gasteiger partial charge in [0.1, 0.15) is 0 Å². The molecule has 5 nitrogen and oxygen atoms in total. The minimum absolute atomic E-state index is 0.151. The third-order valence-corrected chi connectivity index (χ3v) is 3.41. The van der Waals surface area contributed by atoms with Crippen molar-refractivity contribution < 1.29 is 9.59 Å². The van der Waals surface area contributed by atoms with E-state index in [0.29, 0.717) is 16.9 Å². The van der Waals surface area contributed by atoms with Crippen molar-refractivity contribution in [2.24, 2.45) is 0 Å². The van der Waals surface area contributed by atoms with Crippen molar-refractivity contribution in [1.82, 2.24) is 4.90 Å². The first-order chi connectivity index (χ1) is 9.59. The summed E-state index contributed by atoms with van der Waals surface area (Å²) < 4.78 is 0. The van der Waals surface area contributed by atoms with Crippen molar-refractivity contribution in [1.29, 1.82) is 0 Å².